The zero-order valence-electron chi connectivity index (χ0n) is 20.4. The van der Waals surface area contributed by atoms with Gasteiger partial charge >= 0.3 is 0 Å². The number of benzene rings is 1. The number of nitrogens with zero attached hydrogens (tertiary/aromatic N) is 5. The molecule has 3 N–H and O–H groups in total. The highest BCUT2D eigenvalue weighted by molar-refractivity contribution is 7.18. The number of carbonyl (C=O) groups excluding carboxylic acids is 2. The number of aromatic nitrogens is 4. The summed E-state index contributed by atoms with van der Waals surface area (Å²) < 4.78 is 15.1. The van der Waals surface area contributed by atoms with E-state index in [1.165, 1.54) is 29.5 Å². The van der Waals surface area contributed by atoms with Crippen molar-refractivity contribution in [2.75, 3.05) is 25.0 Å². The monoisotopic (exact) mass is 535 g/mol. The Morgan fingerprint density at radius 1 is 1.21 bits per heavy atom. The van der Waals surface area contributed by atoms with Crippen LogP contribution in [0.4, 0.5) is 15.3 Å². The van der Waals surface area contributed by atoms with Gasteiger partial charge in [-0.25, -0.2) is 19.3 Å². The first-order chi connectivity index (χ1) is 18.4. The van der Waals surface area contributed by atoms with E-state index in [0.717, 1.165) is 16.0 Å². The van der Waals surface area contributed by atoms with Gasteiger partial charge in [0.1, 0.15) is 17.2 Å². The Bertz CT molecular complexity index is 1470. The number of aliphatic hydroxyl groups excluding tert-OH is 1. The first-order valence-electron chi connectivity index (χ1n) is 12.0. The van der Waals surface area contributed by atoms with Crippen LogP contribution in [-0.2, 0) is 16.1 Å². The first kappa shape index (κ1) is 25.6. The van der Waals surface area contributed by atoms with Crippen LogP contribution in [0.2, 0.25) is 0 Å². The Hall–Kier alpha value is -4.00. The van der Waals surface area contributed by atoms with Crippen molar-refractivity contribution in [3.63, 3.8) is 0 Å². The van der Waals surface area contributed by atoms with E-state index in [1.807, 2.05) is 10.6 Å². The van der Waals surface area contributed by atoms with Crippen LogP contribution in [0, 0.1) is 5.82 Å². The standard InChI is InChI=1S/C26H26FN7O3S/c1-2-18(35)13-34-14-19(36)9-22(34)25(37)28-7-8-33-15-31-20-11-29-24(10-21(20)33)32-26-30-12-23(38-26)16-3-5-17(27)6-4-16/h2-6,10-12,15,19,22,36H,1,7-9,13-14H2,(H,28,37)(H,29,30,32)/t19-,22+/m1/s1. The van der Waals surface area contributed by atoms with Crippen molar-refractivity contribution >= 4 is 45.0 Å². The Kier molecular flexibility index (Phi) is 7.54. The minimum atomic E-state index is -0.649. The second kappa shape index (κ2) is 11.2. The Morgan fingerprint density at radius 2 is 2.03 bits per heavy atom. The Labute approximate surface area is 221 Å². The van der Waals surface area contributed by atoms with Crippen molar-refractivity contribution < 1.29 is 19.1 Å². The number of carbonyl (C=O) groups is 2. The van der Waals surface area contributed by atoms with Crippen molar-refractivity contribution in [3.8, 4) is 10.4 Å². The van der Waals surface area contributed by atoms with E-state index >= 15 is 0 Å². The number of pyridine rings is 1. The summed E-state index contributed by atoms with van der Waals surface area (Å²) in [4.78, 5) is 40.3. The lowest BCUT2D eigenvalue weighted by molar-refractivity contribution is -0.126. The number of fused-ring (bicyclic) bond motifs is 1. The van der Waals surface area contributed by atoms with Crippen LogP contribution >= 0.6 is 11.3 Å². The molecule has 1 fully saturated rings. The maximum atomic E-state index is 13.2. The number of amides is 1. The van der Waals surface area contributed by atoms with Crippen molar-refractivity contribution in [3.05, 3.63) is 67.5 Å². The van der Waals surface area contributed by atoms with Crippen LogP contribution in [0.1, 0.15) is 6.42 Å². The quantitative estimate of drug-likeness (QED) is 0.265. The van der Waals surface area contributed by atoms with Crippen LogP contribution in [0.15, 0.2) is 61.7 Å². The summed E-state index contributed by atoms with van der Waals surface area (Å²) in [7, 11) is 0. The summed E-state index contributed by atoms with van der Waals surface area (Å²) in [6.07, 6.45) is 5.93. The molecule has 0 unspecified atom stereocenters. The molecule has 5 rings (SSSR count). The normalized spacial score (nSPS) is 17.5. The molecule has 4 heterocycles. The molecule has 2 atom stereocenters. The number of imidazole rings is 1. The predicted octanol–water partition coefficient (Wildman–Crippen LogP) is 2.74. The molecule has 0 aliphatic carbocycles. The number of halogens is 1. The van der Waals surface area contributed by atoms with Crippen LogP contribution in [-0.4, -0.2) is 73.0 Å². The minimum absolute atomic E-state index is 0.0536. The topological polar surface area (TPSA) is 125 Å². The SMILES string of the molecule is C=CC(=O)CN1C[C@H](O)C[C@H]1C(=O)NCCn1cnc2cnc(Nc3ncc(-c4ccc(F)cc4)s3)cc21. The molecule has 4 aromatic rings. The van der Waals surface area contributed by atoms with E-state index < -0.39 is 12.1 Å². The smallest absolute Gasteiger partial charge is 0.237 e. The summed E-state index contributed by atoms with van der Waals surface area (Å²) in [6.45, 7) is 4.61. The molecule has 1 saturated heterocycles. The number of thiazole rings is 1. The predicted molar refractivity (Wildman–Crippen MR) is 143 cm³/mol. The number of rotatable bonds is 10. The molecule has 0 spiro atoms. The lowest BCUT2D eigenvalue weighted by atomic mass is 10.2. The molecule has 196 valence electrons. The highest BCUT2D eigenvalue weighted by Gasteiger charge is 2.36. The maximum absolute atomic E-state index is 13.2. The summed E-state index contributed by atoms with van der Waals surface area (Å²) in [6, 6.07) is 7.55. The zero-order valence-corrected chi connectivity index (χ0v) is 21.2. The van der Waals surface area contributed by atoms with Gasteiger partial charge in [0, 0.05) is 31.9 Å². The second-order valence-electron chi connectivity index (χ2n) is 8.95. The number of hydrogen-bond donors (Lipinski definition) is 3. The van der Waals surface area contributed by atoms with Crippen molar-refractivity contribution in [2.45, 2.75) is 25.1 Å². The van der Waals surface area contributed by atoms with Gasteiger partial charge in [0.05, 0.1) is 41.6 Å². The van der Waals surface area contributed by atoms with Crippen molar-refractivity contribution in [2.24, 2.45) is 0 Å². The van der Waals surface area contributed by atoms with Crippen LogP contribution < -0.4 is 10.6 Å². The summed E-state index contributed by atoms with van der Waals surface area (Å²) >= 11 is 1.43. The molecule has 1 amide bonds. The maximum Gasteiger partial charge on any atom is 0.237 e. The fourth-order valence-electron chi connectivity index (χ4n) is 4.41. The molecular formula is C26H26FN7O3S. The van der Waals surface area contributed by atoms with E-state index in [0.29, 0.717) is 29.6 Å². The van der Waals surface area contributed by atoms with Crippen LogP contribution in [0.25, 0.3) is 21.5 Å². The fraction of sp³-hybridized carbons (Fsp3) is 0.269. The number of β-amino-alcohol motifs (C(OH)–C–C–N with tert-alkyl or cyclic N) is 1. The van der Waals surface area contributed by atoms with Gasteiger partial charge in [0.2, 0.25) is 5.91 Å². The Balaban J connectivity index is 1.21. The highest BCUT2D eigenvalue weighted by atomic mass is 32.1. The number of likely N-dealkylation sites (tertiary alicyclic amines) is 1. The minimum Gasteiger partial charge on any atom is -0.392 e. The number of hydrogen-bond acceptors (Lipinski definition) is 9. The van der Waals surface area contributed by atoms with Crippen molar-refractivity contribution in [1.29, 1.82) is 0 Å². The van der Waals surface area contributed by atoms with Gasteiger partial charge < -0.3 is 20.3 Å². The van der Waals surface area contributed by atoms with Gasteiger partial charge in [-0.2, -0.15) is 0 Å². The number of ketones is 1. The number of aliphatic hydroxyl groups is 1. The highest BCUT2D eigenvalue weighted by Crippen LogP contribution is 2.31. The first-order valence-corrected chi connectivity index (χ1v) is 12.9. The molecule has 0 radical (unpaired) electrons. The summed E-state index contributed by atoms with van der Waals surface area (Å²) in [5.41, 5.74) is 2.42. The largest absolute Gasteiger partial charge is 0.392 e. The third kappa shape index (κ3) is 5.77. The summed E-state index contributed by atoms with van der Waals surface area (Å²) in [5.74, 6) is -0.118. The second-order valence-corrected chi connectivity index (χ2v) is 9.98. The molecule has 1 aliphatic heterocycles. The van der Waals surface area contributed by atoms with Crippen molar-refractivity contribution in [1.82, 2.24) is 29.7 Å². The lowest BCUT2D eigenvalue weighted by Gasteiger charge is -2.22. The van der Waals surface area contributed by atoms with E-state index in [-0.39, 0.29) is 37.0 Å². The average Bonchev–Trinajstić information content (AvgIpc) is 3.63. The molecule has 1 aromatic carbocycles. The number of nitrogens with one attached hydrogen (secondary N) is 2. The number of anilines is 2. The Morgan fingerprint density at radius 3 is 2.82 bits per heavy atom. The van der Waals surface area contributed by atoms with Gasteiger partial charge in [0.15, 0.2) is 10.9 Å². The van der Waals surface area contributed by atoms with Gasteiger partial charge in [-0.05, 0) is 30.2 Å². The van der Waals surface area contributed by atoms with E-state index in [2.05, 4.69) is 32.2 Å². The zero-order chi connectivity index (χ0) is 26.6. The van der Waals surface area contributed by atoms with E-state index in [4.69, 9.17) is 0 Å². The molecule has 38 heavy (non-hydrogen) atoms. The van der Waals surface area contributed by atoms with E-state index in [9.17, 15) is 19.1 Å². The molecule has 0 saturated carbocycles. The average molecular weight is 536 g/mol. The molecule has 0 bridgehead atoms. The third-order valence-corrected chi connectivity index (χ3v) is 7.26. The van der Waals surface area contributed by atoms with Gasteiger partial charge in [-0.1, -0.05) is 30.0 Å². The van der Waals surface area contributed by atoms with Crippen LogP contribution in [0.5, 0.6) is 0 Å². The third-order valence-electron chi connectivity index (χ3n) is 6.30. The lowest BCUT2D eigenvalue weighted by Crippen LogP contribution is -2.45. The van der Waals surface area contributed by atoms with E-state index in [1.54, 1.807) is 35.8 Å². The summed E-state index contributed by atoms with van der Waals surface area (Å²) in [5, 5.41) is 16.8. The van der Waals surface area contributed by atoms with Gasteiger partial charge in [-0.3, -0.25) is 14.5 Å². The fourth-order valence-corrected chi connectivity index (χ4v) is 5.23. The molecule has 1 aliphatic rings. The molecule has 10 nitrogen and oxygen atoms in total. The van der Waals surface area contributed by atoms with Gasteiger partial charge in [0.25, 0.3) is 0 Å². The van der Waals surface area contributed by atoms with Gasteiger partial charge in [-0.15, -0.1) is 0 Å². The molecular weight excluding hydrogens is 509 g/mol. The van der Waals surface area contributed by atoms with Crippen LogP contribution in [0.3, 0.4) is 0 Å². The molecule has 3 aromatic heterocycles. The molecule has 12 heteroatoms.